The smallest absolute Gasteiger partial charge is 0.0743 e. The zero-order valence-electron chi connectivity index (χ0n) is 9.76. The number of hydrogen-bond acceptors (Lipinski definition) is 2. The van der Waals surface area contributed by atoms with E-state index in [1.54, 1.807) is 12.1 Å². The van der Waals surface area contributed by atoms with Gasteiger partial charge in [0.15, 0.2) is 0 Å². The predicted molar refractivity (Wildman–Crippen MR) is 73.7 cm³/mol. The van der Waals surface area contributed by atoms with Crippen molar-refractivity contribution in [1.29, 1.82) is 0 Å². The number of hydrogen-bond donors (Lipinski definition) is 1. The molecule has 0 saturated heterocycles. The van der Waals surface area contributed by atoms with E-state index in [-0.39, 0.29) is 0 Å². The number of nitrogens with two attached hydrogens (primary N) is 1. The van der Waals surface area contributed by atoms with Crippen molar-refractivity contribution in [2.45, 2.75) is 26.2 Å². The molecule has 2 N–H and O–H groups in total. The van der Waals surface area contributed by atoms with Gasteiger partial charge in [-0.2, -0.15) is 0 Å². The lowest BCUT2D eigenvalue weighted by atomic mass is 10.2. The van der Waals surface area contributed by atoms with Gasteiger partial charge in [0, 0.05) is 19.3 Å². The van der Waals surface area contributed by atoms with Crippen molar-refractivity contribution < 1.29 is 0 Å². The van der Waals surface area contributed by atoms with Gasteiger partial charge in [0.2, 0.25) is 0 Å². The Morgan fingerprint density at radius 3 is 2.25 bits per heavy atom. The average Bonchev–Trinajstić information content (AvgIpc) is 2.16. The largest absolute Gasteiger partial charge is 0.399 e. The van der Waals surface area contributed by atoms with Crippen molar-refractivity contribution in [2.75, 3.05) is 24.2 Å². The molecule has 0 amide bonds. The highest BCUT2D eigenvalue weighted by Gasteiger charge is 2.11. The summed E-state index contributed by atoms with van der Waals surface area (Å²) in [5.74, 6) is 0. The van der Waals surface area contributed by atoms with Gasteiger partial charge in [-0.3, -0.25) is 0 Å². The molecule has 1 aromatic carbocycles. The molecule has 0 saturated carbocycles. The van der Waals surface area contributed by atoms with E-state index < -0.39 is 0 Å². The predicted octanol–water partition coefficient (Wildman–Crippen LogP) is 4.20. The zero-order chi connectivity index (χ0) is 12.1. The third-order valence-corrected chi connectivity index (χ3v) is 3.09. The summed E-state index contributed by atoms with van der Waals surface area (Å²) in [4.78, 5) is 2.08. The van der Waals surface area contributed by atoms with Crippen molar-refractivity contribution in [3.05, 3.63) is 22.2 Å². The first kappa shape index (κ1) is 13.5. The van der Waals surface area contributed by atoms with Crippen LogP contribution in [0.15, 0.2) is 12.1 Å². The second-order valence-corrected chi connectivity index (χ2v) is 4.78. The molecule has 4 heteroatoms. The number of anilines is 2. The Balaban J connectivity index is 2.78. The second-order valence-electron chi connectivity index (χ2n) is 3.96. The Morgan fingerprint density at radius 1 is 1.19 bits per heavy atom. The van der Waals surface area contributed by atoms with E-state index in [1.807, 2.05) is 7.05 Å². The molecule has 2 nitrogen and oxygen atoms in total. The molecule has 1 rings (SSSR count). The number of nitrogen functional groups attached to an aromatic ring is 1. The lowest BCUT2D eigenvalue weighted by Gasteiger charge is -2.22. The summed E-state index contributed by atoms with van der Waals surface area (Å²) in [7, 11) is 2.00. The Labute approximate surface area is 107 Å². The highest BCUT2D eigenvalue weighted by Crippen LogP contribution is 2.35. The molecule has 1 aromatic rings. The molecule has 0 radical (unpaired) electrons. The molecule has 16 heavy (non-hydrogen) atoms. The molecular weight excluding hydrogens is 243 g/mol. The monoisotopic (exact) mass is 260 g/mol. The van der Waals surface area contributed by atoms with E-state index in [9.17, 15) is 0 Å². The van der Waals surface area contributed by atoms with E-state index in [4.69, 9.17) is 28.9 Å². The first-order valence-electron chi connectivity index (χ1n) is 5.52. The molecular formula is C12H18Cl2N2. The van der Waals surface area contributed by atoms with Crippen molar-refractivity contribution in [2.24, 2.45) is 0 Å². The van der Waals surface area contributed by atoms with Crippen molar-refractivity contribution in [1.82, 2.24) is 0 Å². The number of benzene rings is 1. The van der Waals surface area contributed by atoms with Crippen LogP contribution in [0.3, 0.4) is 0 Å². The second kappa shape index (κ2) is 6.21. The Morgan fingerprint density at radius 2 is 1.75 bits per heavy atom. The molecule has 0 aliphatic heterocycles. The summed E-state index contributed by atoms with van der Waals surface area (Å²) in [6.07, 6.45) is 3.57. The van der Waals surface area contributed by atoms with Gasteiger partial charge in [0.05, 0.1) is 15.7 Å². The highest BCUT2D eigenvalue weighted by molar-refractivity contribution is 6.39. The van der Waals surface area contributed by atoms with Crippen LogP contribution >= 0.6 is 23.2 Å². The van der Waals surface area contributed by atoms with E-state index in [0.29, 0.717) is 15.7 Å². The normalized spacial score (nSPS) is 10.5. The van der Waals surface area contributed by atoms with Gasteiger partial charge >= 0.3 is 0 Å². The Bertz CT molecular complexity index is 330. The minimum Gasteiger partial charge on any atom is -0.399 e. The maximum atomic E-state index is 6.14. The number of nitrogens with zero attached hydrogens (tertiary/aromatic N) is 1. The van der Waals surface area contributed by atoms with Crippen LogP contribution in [0.2, 0.25) is 10.0 Å². The van der Waals surface area contributed by atoms with E-state index in [0.717, 1.165) is 18.7 Å². The fourth-order valence-corrected chi connectivity index (χ4v) is 2.45. The molecule has 0 heterocycles. The Hall–Kier alpha value is -0.600. The minimum atomic E-state index is 0.598. The summed E-state index contributed by atoms with van der Waals surface area (Å²) < 4.78 is 0. The maximum Gasteiger partial charge on any atom is 0.0743 e. The molecule has 0 aromatic heterocycles. The average molecular weight is 261 g/mol. The van der Waals surface area contributed by atoms with Gasteiger partial charge in [-0.1, -0.05) is 43.0 Å². The van der Waals surface area contributed by atoms with Gasteiger partial charge in [-0.25, -0.2) is 0 Å². The zero-order valence-corrected chi connectivity index (χ0v) is 11.3. The van der Waals surface area contributed by atoms with Crippen LogP contribution < -0.4 is 10.6 Å². The third kappa shape index (κ3) is 3.46. The van der Waals surface area contributed by atoms with Gasteiger partial charge in [0.25, 0.3) is 0 Å². The van der Waals surface area contributed by atoms with Crippen molar-refractivity contribution in [3.63, 3.8) is 0 Å². The van der Waals surface area contributed by atoms with Gasteiger partial charge in [-0.15, -0.1) is 0 Å². The lowest BCUT2D eigenvalue weighted by Crippen LogP contribution is -2.19. The van der Waals surface area contributed by atoms with Crippen LogP contribution in [0, 0.1) is 0 Å². The topological polar surface area (TPSA) is 29.3 Å². The van der Waals surface area contributed by atoms with Crippen LogP contribution in [0.1, 0.15) is 26.2 Å². The summed E-state index contributed by atoms with van der Waals surface area (Å²) in [6.45, 7) is 3.14. The van der Waals surface area contributed by atoms with E-state index >= 15 is 0 Å². The Kier molecular flexibility index (Phi) is 5.23. The summed E-state index contributed by atoms with van der Waals surface area (Å²) >= 11 is 12.3. The summed E-state index contributed by atoms with van der Waals surface area (Å²) in [5, 5.41) is 1.23. The standard InChI is InChI=1S/C12H18Cl2N2/c1-3-4-5-6-16(2)12-10(13)7-9(15)8-11(12)14/h7-8H,3-6,15H2,1-2H3. The fraction of sp³-hybridized carbons (Fsp3) is 0.500. The minimum absolute atomic E-state index is 0.598. The van der Waals surface area contributed by atoms with E-state index in [2.05, 4.69) is 11.8 Å². The van der Waals surface area contributed by atoms with Gasteiger partial charge in [0.1, 0.15) is 0 Å². The summed E-state index contributed by atoms with van der Waals surface area (Å²) in [6, 6.07) is 3.47. The van der Waals surface area contributed by atoms with Gasteiger partial charge in [-0.05, 0) is 18.6 Å². The molecule has 90 valence electrons. The van der Waals surface area contributed by atoms with Crippen LogP contribution in [-0.2, 0) is 0 Å². The van der Waals surface area contributed by atoms with Crippen molar-refractivity contribution in [3.8, 4) is 0 Å². The molecule has 0 aliphatic rings. The maximum absolute atomic E-state index is 6.14. The van der Waals surface area contributed by atoms with Crippen LogP contribution in [0.25, 0.3) is 0 Å². The van der Waals surface area contributed by atoms with Crippen molar-refractivity contribution >= 4 is 34.6 Å². The lowest BCUT2D eigenvalue weighted by molar-refractivity contribution is 0.705. The molecule has 0 aliphatic carbocycles. The molecule has 0 fully saturated rings. The number of rotatable bonds is 5. The molecule has 0 bridgehead atoms. The highest BCUT2D eigenvalue weighted by atomic mass is 35.5. The molecule has 0 spiro atoms. The molecule has 0 atom stereocenters. The number of unbranched alkanes of at least 4 members (excludes halogenated alkanes) is 2. The third-order valence-electron chi connectivity index (χ3n) is 2.52. The van der Waals surface area contributed by atoms with Crippen LogP contribution in [0.4, 0.5) is 11.4 Å². The first-order valence-corrected chi connectivity index (χ1v) is 6.27. The summed E-state index contributed by atoms with van der Waals surface area (Å²) in [5.41, 5.74) is 7.13. The molecule has 0 unspecified atom stereocenters. The van der Waals surface area contributed by atoms with E-state index in [1.165, 1.54) is 12.8 Å². The first-order chi connectivity index (χ1) is 7.56. The number of halogens is 2. The van der Waals surface area contributed by atoms with Crippen LogP contribution in [0.5, 0.6) is 0 Å². The quantitative estimate of drug-likeness (QED) is 0.635. The fourth-order valence-electron chi connectivity index (χ4n) is 1.66. The SMILES string of the molecule is CCCCCN(C)c1c(Cl)cc(N)cc1Cl. The van der Waals surface area contributed by atoms with Gasteiger partial charge < -0.3 is 10.6 Å². The van der Waals surface area contributed by atoms with Crippen LogP contribution in [-0.4, -0.2) is 13.6 Å².